The maximum atomic E-state index is 12.5. The largest absolute Gasteiger partial charge is 0.506 e. The molecule has 2 aromatic carbocycles. The molecule has 0 aromatic heterocycles. The van der Waals surface area contributed by atoms with E-state index < -0.39 is 5.92 Å². The number of anilines is 2. The maximum absolute atomic E-state index is 12.5. The van der Waals surface area contributed by atoms with Crippen LogP contribution in [0.15, 0.2) is 42.5 Å². The van der Waals surface area contributed by atoms with Crippen LogP contribution in [0.25, 0.3) is 0 Å². The second kappa shape index (κ2) is 6.59. The van der Waals surface area contributed by atoms with E-state index in [1.54, 1.807) is 41.3 Å². The number of carbonyl (C=O) groups excluding carboxylic acids is 2. The Balaban J connectivity index is 1.48. The highest BCUT2D eigenvalue weighted by atomic mass is 16.6. The van der Waals surface area contributed by atoms with Crippen molar-refractivity contribution in [2.45, 2.75) is 6.42 Å². The zero-order valence-electron chi connectivity index (χ0n) is 14.0. The molecule has 2 N–H and O–H groups in total. The van der Waals surface area contributed by atoms with Gasteiger partial charge in [-0.25, -0.2) is 0 Å². The van der Waals surface area contributed by atoms with Gasteiger partial charge in [-0.2, -0.15) is 0 Å². The zero-order valence-corrected chi connectivity index (χ0v) is 14.0. The van der Waals surface area contributed by atoms with E-state index in [1.807, 2.05) is 0 Å². The Kier molecular flexibility index (Phi) is 4.12. The van der Waals surface area contributed by atoms with Gasteiger partial charge in [0.2, 0.25) is 11.8 Å². The molecule has 2 aromatic rings. The molecule has 2 aliphatic rings. The summed E-state index contributed by atoms with van der Waals surface area (Å²) in [6.07, 6.45) is 0.119. The summed E-state index contributed by atoms with van der Waals surface area (Å²) in [5.74, 6) is 0.340. The number of phenolic OH excluding ortho intramolecular Hbond substituents is 1. The van der Waals surface area contributed by atoms with Crippen LogP contribution in [-0.2, 0) is 9.59 Å². The first kappa shape index (κ1) is 16.3. The number of amides is 2. The monoisotopic (exact) mass is 354 g/mol. The molecular weight excluding hydrogens is 336 g/mol. The molecule has 2 heterocycles. The lowest BCUT2D eigenvalue weighted by molar-refractivity contribution is -0.122. The van der Waals surface area contributed by atoms with Crippen LogP contribution in [-0.4, -0.2) is 36.7 Å². The number of fused-ring (bicyclic) bond motifs is 1. The molecule has 134 valence electrons. The van der Waals surface area contributed by atoms with Crippen molar-refractivity contribution in [3.05, 3.63) is 42.5 Å². The van der Waals surface area contributed by atoms with Gasteiger partial charge in [-0.1, -0.05) is 12.1 Å². The summed E-state index contributed by atoms with van der Waals surface area (Å²) in [5, 5.41) is 12.5. The number of carbonyl (C=O) groups is 2. The van der Waals surface area contributed by atoms with Gasteiger partial charge in [-0.3, -0.25) is 9.59 Å². The van der Waals surface area contributed by atoms with Gasteiger partial charge in [-0.05, 0) is 24.3 Å². The summed E-state index contributed by atoms with van der Waals surface area (Å²) >= 11 is 0. The number of rotatable bonds is 3. The van der Waals surface area contributed by atoms with Crippen LogP contribution < -0.4 is 19.7 Å². The van der Waals surface area contributed by atoms with Gasteiger partial charge in [0.15, 0.2) is 11.5 Å². The molecule has 0 radical (unpaired) electrons. The summed E-state index contributed by atoms with van der Waals surface area (Å²) in [5.41, 5.74) is 1.01. The fourth-order valence-electron chi connectivity index (χ4n) is 3.15. The Hall–Kier alpha value is -3.22. The molecule has 0 aliphatic carbocycles. The molecule has 1 atom stereocenters. The molecular formula is C19H18N2O5. The summed E-state index contributed by atoms with van der Waals surface area (Å²) in [6.45, 7) is 1.25. The number of ether oxygens (including phenoxy) is 2. The Bertz CT molecular complexity index is 867. The van der Waals surface area contributed by atoms with E-state index in [-0.39, 0.29) is 30.5 Å². The van der Waals surface area contributed by atoms with Crippen molar-refractivity contribution in [3.8, 4) is 17.2 Å². The Labute approximate surface area is 150 Å². The zero-order chi connectivity index (χ0) is 18.1. The smallest absolute Gasteiger partial charge is 0.229 e. The van der Waals surface area contributed by atoms with Gasteiger partial charge >= 0.3 is 0 Å². The quantitative estimate of drug-likeness (QED) is 0.825. The third-order valence-electron chi connectivity index (χ3n) is 4.50. The predicted molar refractivity (Wildman–Crippen MR) is 94.6 cm³/mol. The molecule has 0 bridgehead atoms. The summed E-state index contributed by atoms with van der Waals surface area (Å²) in [6, 6.07) is 11.8. The number of aromatic hydroxyl groups is 1. The minimum Gasteiger partial charge on any atom is -0.506 e. The number of hydrogen-bond donors (Lipinski definition) is 2. The van der Waals surface area contributed by atoms with Crippen molar-refractivity contribution >= 4 is 23.2 Å². The molecule has 0 saturated carbocycles. The fraction of sp³-hybridized carbons (Fsp3) is 0.263. The summed E-state index contributed by atoms with van der Waals surface area (Å²) < 4.78 is 11.0. The minimum atomic E-state index is -0.490. The van der Waals surface area contributed by atoms with E-state index in [1.165, 1.54) is 6.07 Å². The van der Waals surface area contributed by atoms with Gasteiger partial charge in [-0.15, -0.1) is 0 Å². The van der Waals surface area contributed by atoms with Crippen molar-refractivity contribution in [1.29, 1.82) is 0 Å². The van der Waals surface area contributed by atoms with Gasteiger partial charge in [0.1, 0.15) is 19.0 Å². The lowest BCUT2D eigenvalue weighted by Gasteiger charge is -2.22. The van der Waals surface area contributed by atoms with Crippen LogP contribution in [0.3, 0.4) is 0 Å². The lowest BCUT2D eigenvalue weighted by Crippen LogP contribution is -2.28. The van der Waals surface area contributed by atoms with E-state index in [0.717, 1.165) is 0 Å². The predicted octanol–water partition coefficient (Wildman–Crippen LogP) is 2.16. The highest BCUT2D eigenvalue weighted by Gasteiger charge is 2.35. The molecule has 7 heteroatoms. The molecule has 7 nitrogen and oxygen atoms in total. The van der Waals surface area contributed by atoms with Crippen LogP contribution in [0.4, 0.5) is 11.4 Å². The Morgan fingerprint density at radius 2 is 1.88 bits per heavy atom. The van der Waals surface area contributed by atoms with E-state index in [9.17, 15) is 14.7 Å². The third kappa shape index (κ3) is 3.03. The average Bonchev–Trinajstić information content (AvgIpc) is 3.05. The highest BCUT2D eigenvalue weighted by Crippen LogP contribution is 2.36. The van der Waals surface area contributed by atoms with Gasteiger partial charge in [0.05, 0.1) is 11.6 Å². The van der Waals surface area contributed by atoms with E-state index >= 15 is 0 Å². The number of hydrogen-bond acceptors (Lipinski definition) is 5. The average molecular weight is 354 g/mol. The molecule has 4 rings (SSSR count). The van der Waals surface area contributed by atoms with E-state index in [0.29, 0.717) is 36.1 Å². The maximum Gasteiger partial charge on any atom is 0.229 e. The molecule has 1 saturated heterocycles. The van der Waals surface area contributed by atoms with Crippen LogP contribution in [0.1, 0.15) is 6.42 Å². The first-order chi connectivity index (χ1) is 12.6. The Morgan fingerprint density at radius 3 is 2.69 bits per heavy atom. The second-order valence-electron chi connectivity index (χ2n) is 6.24. The highest BCUT2D eigenvalue weighted by molar-refractivity contribution is 6.04. The van der Waals surface area contributed by atoms with Crippen molar-refractivity contribution < 1.29 is 24.2 Å². The SMILES string of the molecule is O=C(Nc1ccccc1O)[C@@H]1CC(=O)N(c2ccc3c(c2)OCCO3)C1. The van der Waals surface area contributed by atoms with Crippen LogP contribution in [0.2, 0.25) is 0 Å². The van der Waals surface area contributed by atoms with Gasteiger partial charge < -0.3 is 24.8 Å². The van der Waals surface area contributed by atoms with Crippen molar-refractivity contribution in [1.82, 2.24) is 0 Å². The lowest BCUT2D eigenvalue weighted by atomic mass is 10.1. The van der Waals surface area contributed by atoms with Crippen molar-refractivity contribution in [2.24, 2.45) is 5.92 Å². The molecule has 26 heavy (non-hydrogen) atoms. The molecule has 0 unspecified atom stereocenters. The topological polar surface area (TPSA) is 88.1 Å². The number of nitrogens with zero attached hydrogens (tertiary/aromatic N) is 1. The first-order valence-corrected chi connectivity index (χ1v) is 8.41. The minimum absolute atomic E-state index is 0.00568. The van der Waals surface area contributed by atoms with E-state index in [2.05, 4.69) is 5.32 Å². The Morgan fingerprint density at radius 1 is 1.12 bits per heavy atom. The number of nitrogens with one attached hydrogen (secondary N) is 1. The van der Waals surface area contributed by atoms with Crippen LogP contribution in [0.5, 0.6) is 17.2 Å². The normalized spacial score (nSPS) is 18.7. The van der Waals surface area contributed by atoms with Gasteiger partial charge in [0.25, 0.3) is 0 Å². The second-order valence-corrected chi connectivity index (χ2v) is 6.24. The summed E-state index contributed by atoms with van der Waals surface area (Å²) in [4.78, 5) is 26.5. The third-order valence-corrected chi connectivity index (χ3v) is 4.50. The molecule has 2 aliphatic heterocycles. The molecule has 0 spiro atoms. The molecule has 2 amide bonds. The first-order valence-electron chi connectivity index (χ1n) is 8.41. The number of phenols is 1. The standard InChI is InChI=1S/C19H18N2O5/c22-15-4-2-1-3-14(15)20-19(24)12-9-18(23)21(11-12)13-5-6-16-17(10-13)26-8-7-25-16/h1-6,10,12,22H,7-9,11H2,(H,20,24)/t12-/m1/s1. The van der Waals surface area contributed by atoms with Crippen LogP contribution >= 0.6 is 0 Å². The van der Waals surface area contributed by atoms with Crippen molar-refractivity contribution in [2.75, 3.05) is 30.0 Å². The fourth-order valence-corrected chi connectivity index (χ4v) is 3.15. The summed E-state index contributed by atoms with van der Waals surface area (Å²) in [7, 11) is 0. The van der Waals surface area contributed by atoms with Gasteiger partial charge in [0, 0.05) is 24.7 Å². The van der Waals surface area contributed by atoms with Crippen molar-refractivity contribution in [3.63, 3.8) is 0 Å². The molecule has 1 fully saturated rings. The van der Waals surface area contributed by atoms with Crippen LogP contribution in [0, 0.1) is 5.92 Å². The number of benzene rings is 2. The van der Waals surface area contributed by atoms with E-state index in [4.69, 9.17) is 9.47 Å². The number of para-hydroxylation sites is 2.